The molecule has 0 amide bonds. The molecular weight excluding hydrogens is 280 g/mol. The highest BCUT2D eigenvalue weighted by atomic mass is 16.7. The van der Waals surface area contributed by atoms with Gasteiger partial charge in [0, 0.05) is 34.4 Å². The SMILES string of the molecule is COc1nccc2c(Nc3ccc4c(c3)OCO4)cccc12. The third-order valence-corrected chi connectivity index (χ3v) is 3.61. The van der Waals surface area contributed by atoms with Gasteiger partial charge in [-0.2, -0.15) is 0 Å². The zero-order valence-corrected chi connectivity index (χ0v) is 12.0. The van der Waals surface area contributed by atoms with Gasteiger partial charge in [-0.3, -0.25) is 0 Å². The number of fused-ring (bicyclic) bond motifs is 2. The summed E-state index contributed by atoms with van der Waals surface area (Å²) in [6.45, 7) is 0.274. The van der Waals surface area contributed by atoms with Crippen LogP contribution in [0.15, 0.2) is 48.7 Å². The first-order valence-corrected chi connectivity index (χ1v) is 6.93. The predicted octanol–water partition coefficient (Wildman–Crippen LogP) is 3.72. The molecule has 1 aromatic heterocycles. The van der Waals surface area contributed by atoms with Gasteiger partial charge >= 0.3 is 0 Å². The first-order chi connectivity index (χ1) is 10.8. The van der Waals surface area contributed by atoms with Crippen LogP contribution in [0, 0.1) is 0 Å². The van der Waals surface area contributed by atoms with E-state index in [1.54, 1.807) is 13.3 Å². The molecule has 0 atom stereocenters. The van der Waals surface area contributed by atoms with E-state index in [1.165, 1.54) is 0 Å². The van der Waals surface area contributed by atoms with E-state index in [9.17, 15) is 0 Å². The van der Waals surface area contributed by atoms with Gasteiger partial charge in [-0.05, 0) is 30.3 Å². The number of ether oxygens (including phenoxy) is 3. The van der Waals surface area contributed by atoms with Crippen molar-refractivity contribution in [3.8, 4) is 17.4 Å². The minimum atomic E-state index is 0.274. The summed E-state index contributed by atoms with van der Waals surface area (Å²) >= 11 is 0. The Balaban J connectivity index is 1.75. The average Bonchev–Trinajstić information content (AvgIpc) is 3.02. The molecule has 110 valence electrons. The molecule has 0 fully saturated rings. The van der Waals surface area contributed by atoms with Gasteiger partial charge < -0.3 is 19.5 Å². The fourth-order valence-corrected chi connectivity index (χ4v) is 2.58. The van der Waals surface area contributed by atoms with Gasteiger partial charge in [0.05, 0.1) is 7.11 Å². The normalized spacial score (nSPS) is 12.4. The van der Waals surface area contributed by atoms with E-state index in [1.807, 2.05) is 42.5 Å². The third kappa shape index (κ3) is 2.07. The van der Waals surface area contributed by atoms with Crippen LogP contribution in [0.1, 0.15) is 0 Å². The lowest BCUT2D eigenvalue weighted by Crippen LogP contribution is -1.94. The summed E-state index contributed by atoms with van der Waals surface area (Å²) in [5.41, 5.74) is 1.92. The van der Waals surface area contributed by atoms with E-state index < -0.39 is 0 Å². The largest absolute Gasteiger partial charge is 0.481 e. The van der Waals surface area contributed by atoms with Crippen LogP contribution in [0.3, 0.4) is 0 Å². The Morgan fingerprint density at radius 3 is 2.86 bits per heavy atom. The number of anilines is 2. The van der Waals surface area contributed by atoms with Crippen molar-refractivity contribution in [1.82, 2.24) is 4.98 Å². The molecule has 5 heteroatoms. The molecule has 2 aromatic carbocycles. The Bertz CT molecular complexity index is 848. The van der Waals surface area contributed by atoms with Gasteiger partial charge in [0.15, 0.2) is 11.5 Å². The molecule has 2 heterocycles. The standard InChI is InChI=1S/C17H14N2O3/c1-20-17-13-3-2-4-14(12(13)7-8-18-17)19-11-5-6-15-16(9-11)22-10-21-15/h2-9,19H,10H2,1H3. The Labute approximate surface area is 127 Å². The number of pyridine rings is 1. The summed E-state index contributed by atoms with van der Waals surface area (Å²) in [6, 6.07) is 13.7. The molecule has 0 unspecified atom stereocenters. The van der Waals surface area contributed by atoms with E-state index >= 15 is 0 Å². The third-order valence-electron chi connectivity index (χ3n) is 3.61. The topological polar surface area (TPSA) is 52.6 Å². The number of rotatable bonds is 3. The number of methoxy groups -OCH3 is 1. The van der Waals surface area contributed by atoms with E-state index in [0.717, 1.165) is 33.6 Å². The molecule has 0 saturated carbocycles. The lowest BCUT2D eigenvalue weighted by molar-refractivity contribution is 0.174. The fraction of sp³-hybridized carbons (Fsp3) is 0.118. The molecule has 3 aromatic rings. The highest BCUT2D eigenvalue weighted by Gasteiger charge is 2.14. The summed E-state index contributed by atoms with van der Waals surface area (Å²) < 4.78 is 16.1. The van der Waals surface area contributed by atoms with Crippen molar-refractivity contribution in [2.45, 2.75) is 0 Å². The van der Waals surface area contributed by atoms with E-state index in [4.69, 9.17) is 14.2 Å². The molecule has 22 heavy (non-hydrogen) atoms. The first kappa shape index (κ1) is 12.8. The van der Waals surface area contributed by atoms with Gasteiger partial charge in [0.1, 0.15) is 0 Å². The van der Waals surface area contributed by atoms with Crippen LogP contribution in [-0.4, -0.2) is 18.9 Å². The summed E-state index contributed by atoms with van der Waals surface area (Å²) in [7, 11) is 1.62. The molecule has 0 spiro atoms. The Morgan fingerprint density at radius 2 is 1.95 bits per heavy atom. The van der Waals surface area contributed by atoms with Crippen molar-refractivity contribution in [2.24, 2.45) is 0 Å². The predicted molar refractivity (Wildman–Crippen MR) is 84.1 cm³/mol. The number of hydrogen-bond acceptors (Lipinski definition) is 5. The highest BCUT2D eigenvalue weighted by molar-refractivity contribution is 5.97. The molecule has 1 N–H and O–H groups in total. The second kappa shape index (κ2) is 5.11. The molecule has 4 rings (SSSR count). The van der Waals surface area contributed by atoms with Crippen LogP contribution in [-0.2, 0) is 0 Å². The quantitative estimate of drug-likeness (QED) is 0.798. The van der Waals surface area contributed by atoms with Crippen LogP contribution in [0.4, 0.5) is 11.4 Å². The first-order valence-electron chi connectivity index (χ1n) is 6.93. The average molecular weight is 294 g/mol. The van der Waals surface area contributed by atoms with Gasteiger partial charge in [-0.25, -0.2) is 4.98 Å². The minimum Gasteiger partial charge on any atom is -0.481 e. The number of nitrogens with zero attached hydrogens (tertiary/aromatic N) is 1. The van der Waals surface area contributed by atoms with Gasteiger partial charge in [0.2, 0.25) is 12.7 Å². The van der Waals surface area contributed by atoms with Crippen molar-refractivity contribution >= 4 is 22.1 Å². The number of hydrogen-bond donors (Lipinski definition) is 1. The molecule has 0 saturated heterocycles. The van der Waals surface area contributed by atoms with Crippen molar-refractivity contribution in [3.63, 3.8) is 0 Å². The maximum absolute atomic E-state index is 5.41. The van der Waals surface area contributed by atoms with E-state index in [0.29, 0.717) is 5.88 Å². The minimum absolute atomic E-state index is 0.274. The van der Waals surface area contributed by atoms with Crippen LogP contribution in [0.25, 0.3) is 10.8 Å². The lowest BCUT2D eigenvalue weighted by atomic mass is 10.1. The molecule has 1 aliphatic rings. The van der Waals surface area contributed by atoms with Crippen LogP contribution in [0.2, 0.25) is 0 Å². The van der Waals surface area contributed by atoms with Crippen molar-refractivity contribution in [1.29, 1.82) is 0 Å². The van der Waals surface area contributed by atoms with E-state index in [2.05, 4.69) is 10.3 Å². The highest BCUT2D eigenvalue weighted by Crippen LogP contribution is 2.36. The number of benzene rings is 2. The molecule has 0 radical (unpaired) electrons. The van der Waals surface area contributed by atoms with Crippen LogP contribution >= 0.6 is 0 Å². The Kier molecular flexibility index (Phi) is 2.96. The smallest absolute Gasteiger partial charge is 0.231 e. The second-order valence-electron chi connectivity index (χ2n) is 4.91. The van der Waals surface area contributed by atoms with Crippen molar-refractivity contribution < 1.29 is 14.2 Å². The maximum Gasteiger partial charge on any atom is 0.231 e. The molecule has 1 aliphatic heterocycles. The number of aromatic nitrogens is 1. The van der Waals surface area contributed by atoms with Crippen LogP contribution < -0.4 is 19.5 Å². The van der Waals surface area contributed by atoms with Gasteiger partial charge in [-0.15, -0.1) is 0 Å². The van der Waals surface area contributed by atoms with E-state index in [-0.39, 0.29) is 6.79 Å². The summed E-state index contributed by atoms with van der Waals surface area (Å²) in [6.07, 6.45) is 1.74. The fourth-order valence-electron chi connectivity index (χ4n) is 2.58. The molecule has 0 aliphatic carbocycles. The molecule has 5 nitrogen and oxygen atoms in total. The van der Waals surface area contributed by atoms with Crippen molar-refractivity contribution in [3.05, 3.63) is 48.7 Å². The summed E-state index contributed by atoms with van der Waals surface area (Å²) in [5.74, 6) is 2.14. The zero-order valence-electron chi connectivity index (χ0n) is 12.0. The Hall–Kier alpha value is -2.95. The maximum atomic E-state index is 5.41. The van der Waals surface area contributed by atoms with Gasteiger partial charge in [-0.1, -0.05) is 6.07 Å². The number of nitrogens with one attached hydrogen (secondary N) is 1. The Morgan fingerprint density at radius 1 is 1.05 bits per heavy atom. The zero-order chi connectivity index (χ0) is 14.9. The second-order valence-corrected chi connectivity index (χ2v) is 4.91. The monoisotopic (exact) mass is 294 g/mol. The summed E-state index contributed by atoms with van der Waals surface area (Å²) in [4.78, 5) is 4.23. The van der Waals surface area contributed by atoms with Gasteiger partial charge in [0.25, 0.3) is 0 Å². The lowest BCUT2D eigenvalue weighted by Gasteiger charge is -2.11. The van der Waals surface area contributed by atoms with Crippen molar-refractivity contribution in [2.75, 3.05) is 19.2 Å². The molecular formula is C17H14N2O3. The molecule has 0 bridgehead atoms. The van der Waals surface area contributed by atoms with Crippen LogP contribution in [0.5, 0.6) is 17.4 Å². The summed E-state index contributed by atoms with van der Waals surface area (Å²) in [5, 5.41) is 5.43.